The molecule has 15 heteroatoms. The predicted molar refractivity (Wildman–Crippen MR) is 121 cm³/mol. The Bertz CT molecular complexity index is 1500. The highest BCUT2D eigenvalue weighted by atomic mass is 35.5. The van der Waals surface area contributed by atoms with Crippen LogP contribution < -0.4 is 11.2 Å². The van der Waals surface area contributed by atoms with Gasteiger partial charge in [0.15, 0.2) is 17.0 Å². The Morgan fingerprint density at radius 2 is 1.83 bits per heavy atom. The van der Waals surface area contributed by atoms with Crippen molar-refractivity contribution in [1.82, 2.24) is 39.3 Å². The van der Waals surface area contributed by atoms with Gasteiger partial charge in [0.25, 0.3) is 5.56 Å². The number of unbranched alkanes of at least 4 members (excludes halogenated alkanes) is 1. The molecule has 1 N–H and O–H groups in total. The molecule has 1 aromatic carbocycles. The molecular formula is C21H21ClF4N8O2. The lowest BCUT2D eigenvalue weighted by Crippen LogP contribution is -2.40. The number of aryl methyl sites for hydroxylation is 2. The highest BCUT2D eigenvalue weighted by Gasteiger charge is 2.31. The third-order valence-electron chi connectivity index (χ3n) is 5.52. The van der Waals surface area contributed by atoms with Gasteiger partial charge in [0.2, 0.25) is 5.28 Å². The van der Waals surface area contributed by atoms with Gasteiger partial charge < -0.3 is 4.98 Å². The molecule has 0 aliphatic heterocycles. The van der Waals surface area contributed by atoms with Crippen LogP contribution in [0, 0.1) is 5.82 Å². The van der Waals surface area contributed by atoms with Crippen LogP contribution >= 0.6 is 11.6 Å². The van der Waals surface area contributed by atoms with Gasteiger partial charge in [0.05, 0.1) is 12.1 Å². The smallest absolute Gasteiger partial charge is 0.323 e. The van der Waals surface area contributed by atoms with E-state index in [-0.39, 0.29) is 53.8 Å². The molecule has 0 atom stereocenters. The molecule has 0 fully saturated rings. The van der Waals surface area contributed by atoms with Crippen LogP contribution in [0.15, 0.2) is 27.8 Å². The Labute approximate surface area is 205 Å². The first-order valence-corrected chi connectivity index (χ1v) is 11.5. The number of fused-ring (bicyclic) bond motifs is 1. The normalized spacial score (nSPS) is 12.1. The molecule has 0 spiro atoms. The molecular weight excluding hydrogens is 508 g/mol. The highest BCUT2D eigenvalue weighted by molar-refractivity contribution is 6.28. The van der Waals surface area contributed by atoms with Crippen LogP contribution in [0.4, 0.5) is 17.6 Å². The van der Waals surface area contributed by atoms with Crippen molar-refractivity contribution in [2.75, 3.05) is 0 Å². The van der Waals surface area contributed by atoms with Gasteiger partial charge in [-0.2, -0.15) is 23.0 Å². The number of alkyl halides is 3. The second kappa shape index (κ2) is 10.2. The lowest BCUT2D eigenvalue weighted by molar-refractivity contribution is -0.137. The van der Waals surface area contributed by atoms with Gasteiger partial charge >= 0.3 is 11.9 Å². The van der Waals surface area contributed by atoms with Gasteiger partial charge in [-0.05, 0) is 53.4 Å². The zero-order valence-electron chi connectivity index (χ0n) is 19.0. The van der Waals surface area contributed by atoms with E-state index in [4.69, 9.17) is 11.6 Å². The van der Waals surface area contributed by atoms with E-state index in [1.165, 1.54) is 9.36 Å². The van der Waals surface area contributed by atoms with Crippen LogP contribution in [0.5, 0.6) is 0 Å². The largest absolute Gasteiger partial charge is 0.416 e. The van der Waals surface area contributed by atoms with Gasteiger partial charge in [-0.3, -0.25) is 13.9 Å². The number of halogens is 5. The molecule has 36 heavy (non-hydrogen) atoms. The van der Waals surface area contributed by atoms with Crippen LogP contribution in [-0.4, -0.2) is 39.3 Å². The van der Waals surface area contributed by atoms with Crippen LogP contribution in [0.3, 0.4) is 0 Å². The minimum atomic E-state index is -4.61. The number of aromatic nitrogens is 8. The molecule has 0 saturated carbocycles. The van der Waals surface area contributed by atoms with E-state index in [2.05, 4.69) is 25.4 Å². The van der Waals surface area contributed by atoms with Crippen LogP contribution in [0.1, 0.15) is 43.1 Å². The standard InChI is InChI=1S/C21H21ClF4N8O2/c1-2-3-7-32-17-16(27-19(22)28-17)18(35)33(20(32)36)8-4-9-34-30-15(29-31-34)11-12-10-13(21(24,25)26)5-6-14(12)23/h5-6,10H,2-4,7-9,11H2,1H3,(H,27,28). The van der Waals surface area contributed by atoms with E-state index in [9.17, 15) is 27.2 Å². The summed E-state index contributed by atoms with van der Waals surface area (Å²) in [7, 11) is 0. The summed E-state index contributed by atoms with van der Waals surface area (Å²) in [6.45, 7) is 2.53. The average Bonchev–Trinajstić information content (AvgIpc) is 3.43. The van der Waals surface area contributed by atoms with E-state index in [0.717, 1.165) is 17.1 Å². The summed E-state index contributed by atoms with van der Waals surface area (Å²) in [4.78, 5) is 33.7. The molecule has 4 aromatic rings. The zero-order chi connectivity index (χ0) is 26.0. The topological polar surface area (TPSA) is 116 Å². The van der Waals surface area contributed by atoms with Crippen LogP contribution in [-0.2, 0) is 32.2 Å². The first kappa shape index (κ1) is 25.5. The average molecular weight is 529 g/mol. The van der Waals surface area contributed by atoms with Crippen molar-refractivity contribution >= 4 is 22.8 Å². The number of hydrogen-bond acceptors (Lipinski definition) is 6. The number of tetrazole rings is 1. The Balaban J connectivity index is 1.48. The van der Waals surface area contributed by atoms with Crippen molar-refractivity contribution in [1.29, 1.82) is 0 Å². The van der Waals surface area contributed by atoms with E-state index in [0.29, 0.717) is 25.1 Å². The molecule has 3 heterocycles. The van der Waals surface area contributed by atoms with Crippen LogP contribution in [0.2, 0.25) is 5.28 Å². The van der Waals surface area contributed by atoms with E-state index in [1.54, 1.807) is 0 Å². The van der Waals surface area contributed by atoms with Gasteiger partial charge in [0.1, 0.15) is 5.82 Å². The third-order valence-corrected chi connectivity index (χ3v) is 5.70. The molecule has 4 rings (SSSR count). The summed E-state index contributed by atoms with van der Waals surface area (Å²) in [6.07, 6.45) is -3.09. The van der Waals surface area contributed by atoms with Gasteiger partial charge in [-0.1, -0.05) is 13.3 Å². The van der Waals surface area contributed by atoms with E-state index in [1.807, 2.05) is 6.92 Å². The quantitative estimate of drug-likeness (QED) is 0.263. The maximum absolute atomic E-state index is 14.0. The fraction of sp³-hybridized carbons (Fsp3) is 0.429. The highest BCUT2D eigenvalue weighted by Crippen LogP contribution is 2.30. The number of nitrogens with one attached hydrogen (secondary N) is 1. The molecule has 0 aliphatic rings. The first-order valence-electron chi connectivity index (χ1n) is 11.1. The maximum Gasteiger partial charge on any atom is 0.416 e. The summed E-state index contributed by atoms with van der Waals surface area (Å²) >= 11 is 5.91. The summed E-state index contributed by atoms with van der Waals surface area (Å²) in [6, 6.07) is 2.12. The summed E-state index contributed by atoms with van der Waals surface area (Å²) in [5, 5.41) is 11.7. The van der Waals surface area contributed by atoms with E-state index < -0.39 is 28.8 Å². The van der Waals surface area contributed by atoms with Crippen molar-refractivity contribution in [2.24, 2.45) is 0 Å². The Hall–Kier alpha value is -3.55. The SMILES string of the molecule is CCCCn1c(=O)n(CCCn2nnc(Cc3cc(C(F)(F)F)ccc3F)n2)c(=O)c2[nH]c(Cl)nc21. The van der Waals surface area contributed by atoms with Crippen LogP contribution in [0.25, 0.3) is 11.2 Å². The Morgan fingerprint density at radius 1 is 1.08 bits per heavy atom. The molecule has 0 amide bonds. The molecule has 0 unspecified atom stereocenters. The monoisotopic (exact) mass is 528 g/mol. The number of rotatable bonds is 9. The number of aromatic amines is 1. The summed E-state index contributed by atoms with van der Waals surface area (Å²) < 4.78 is 55.2. The van der Waals surface area contributed by atoms with Crippen molar-refractivity contribution in [3.63, 3.8) is 0 Å². The number of benzene rings is 1. The predicted octanol–water partition coefficient (Wildman–Crippen LogP) is 3.17. The van der Waals surface area contributed by atoms with Crippen molar-refractivity contribution in [2.45, 2.75) is 58.4 Å². The molecule has 192 valence electrons. The molecule has 0 bridgehead atoms. The number of hydrogen-bond donors (Lipinski definition) is 1. The number of imidazole rings is 1. The number of nitrogens with zero attached hydrogens (tertiary/aromatic N) is 7. The molecule has 0 saturated heterocycles. The number of H-pyrrole nitrogens is 1. The second-order valence-electron chi connectivity index (χ2n) is 8.11. The van der Waals surface area contributed by atoms with Crippen molar-refractivity contribution < 1.29 is 17.6 Å². The fourth-order valence-corrected chi connectivity index (χ4v) is 3.90. The molecule has 0 aliphatic carbocycles. The molecule has 0 radical (unpaired) electrons. The summed E-state index contributed by atoms with van der Waals surface area (Å²) in [5.41, 5.74) is -1.94. The van der Waals surface area contributed by atoms with Gasteiger partial charge in [-0.15, -0.1) is 10.2 Å². The van der Waals surface area contributed by atoms with Crippen molar-refractivity contribution in [3.8, 4) is 0 Å². The van der Waals surface area contributed by atoms with Gasteiger partial charge in [0, 0.05) is 19.5 Å². The molecule has 10 nitrogen and oxygen atoms in total. The lowest BCUT2D eigenvalue weighted by Gasteiger charge is -2.10. The van der Waals surface area contributed by atoms with Gasteiger partial charge in [-0.25, -0.2) is 9.18 Å². The maximum atomic E-state index is 14.0. The zero-order valence-corrected chi connectivity index (χ0v) is 19.8. The summed E-state index contributed by atoms with van der Waals surface area (Å²) in [5.74, 6) is -0.784. The Morgan fingerprint density at radius 3 is 2.56 bits per heavy atom. The van der Waals surface area contributed by atoms with E-state index >= 15 is 0 Å². The minimum absolute atomic E-state index is 0.000973. The third kappa shape index (κ3) is 5.32. The van der Waals surface area contributed by atoms with Crippen molar-refractivity contribution in [3.05, 3.63) is 67.1 Å². The lowest BCUT2D eigenvalue weighted by atomic mass is 10.1. The second-order valence-corrected chi connectivity index (χ2v) is 8.46. The minimum Gasteiger partial charge on any atom is -0.323 e. The Kier molecular flexibility index (Phi) is 7.24. The fourth-order valence-electron chi connectivity index (χ4n) is 3.72. The first-order chi connectivity index (χ1) is 17.1. The molecule has 3 aromatic heterocycles.